The van der Waals surface area contributed by atoms with Gasteiger partial charge in [0.25, 0.3) is 0 Å². The van der Waals surface area contributed by atoms with Crippen molar-refractivity contribution in [3.63, 3.8) is 0 Å². The van der Waals surface area contributed by atoms with E-state index in [1.807, 2.05) is 54.6 Å². The first-order valence-corrected chi connectivity index (χ1v) is 9.41. The average Bonchev–Trinajstić information content (AvgIpc) is 3.04. The van der Waals surface area contributed by atoms with E-state index in [2.05, 4.69) is 30.5 Å². The summed E-state index contributed by atoms with van der Waals surface area (Å²) in [5.41, 5.74) is 5.49. The Balaban J connectivity index is 1.66. The van der Waals surface area contributed by atoms with Crippen molar-refractivity contribution in [2.75, 3.05) is 6.61 Å². The number of fused-ring (bicyclic) bond motifs is 1. The molecule has 1 heterocycles. The first-order valence-electron chi connectivity index (χ1n) is 9.04. The maximum atomic E-state index is 6.20. The number of hydrogen-bond donors (Lipinski definition) is 0. The summed E-state index contributed by atoms with van der Waals surface area (Å²) in [5.74, 6) is 1.84. The molecule has 27 heavy (non-hydrogen) atoms. The van der Waals surface area contributed by atoms with Gasteiger partial charge in [-0.25, -0.2) is 4.98 Å². The Labute approximate surface area is 164 Å². The number of aryl methyl sites for hydroxylation is 1. The van der Waals surface area contributed by atoms with Crippen LogP contribution in [-0.4, -0.2) is 16.2 Å². The molecule has 0 unspecified atom stereocenters. The summed E-state index contributed by atoms with van der Waals surface area (Å²) in [6, 6.07) is 22.1. The largest absolute Gasteiger partial charge is 0.491 e. The van der Waals surface area contributed by atoms with Crippen molar-refractivity contribution < 1.29 is 4.74 Å². The van der Waals surface area contributed by atoms with Crippen molar-refractivity contribution in [1.29, 1.82) is 0 Å². The highest BCUT2D eigenvalue weighted by Gasteiger charge is 2.13. The lowest BCUT2D eigenvalue weighted by atomic mass is 10.1. The number of nitrogens with zero attached hydrogens (tertiary/aromatic N) is 2. The second-order valence-corrected chi connectivity index (χ2v) is 7.07. The first-order chi connectivity index (χ1) is 13.1. The summed E-state index contributed by atoms with van der Waals surface area (Å²) >= 11 is 6.20. The Bertz CT molecular complexity index is 1100. The van der Waals surface area contributed by atoms with Gasteiger partial charge in [0.15, 0.2) is 0 Å². The minimum Gasteiger partial charge on any atom is -0.491 e. The molecule has 0 spiro atoms. The fourth-order valence-electron chi connectivity index (χ4n) is 3.28. The number of ether oxygens (including phenoxy) is 1. The molecule has 0 atom stereocenters. The Hall–Kier alpha value is -2.78. The zero-order chi connectivity index (χ0) is 18.8. The second kappa shape index (κ2) is 7.45. The lowest BCUT2D eigenvalue weighted by molar-refractivity contribution is 0.298. The van der Waals surface area contributed by atoms with Crippen LogP contribution in [0.4, 0.5) is 0 Å². The Morgan fingerprint density at radius 2 is 1.78 bits per heavy atom. The van der Waals surface area contributed by atoms with Crippen LogP contribution in [0.15, 0.2) is 66.7 Å². The van der Waals surface area contributed by atoms with Crippen LogP contribution < -0.4 is 4.74 Å². The van der Waals surface area contributed by atoms with E-state index in [1.165, 1.54) is 11.1 Å². The standard InChI is InChI=1S/C23H21ClN2O/c1-16-7-5-12-22(17(16)2)27-14-13-26-21-11-4-3-10-20(21)25-23(26)18-8-6-9-19(24)15-18/h3-12,15H,13-14H2,1-2H3. The maximum Gasteiger partial charge on any atom is 0.141 e. The van der Waals surface area contributed by atoms with Gasteiger partial charge in [0.2, 0.25) is 0 Å². The van der Waals surface area contributed by atoms with Crippen LogP contribution >= 0.6 is 11.6 Å². The van der Waals surface area contributed by atoms with Gasteiger partial charge in [-0.3, -0.25) is 0 Å². The highest BCUT2D eigenvalue weighted by Crippen LogP contribution is 2.27. The number of imidazole rings is 1. The van der Waals surface area contributed by atoms with Crippen LogP contribution in [-0.2, 0) is 6.54 Å². The van der Waals surface area contributed by atoms with E-state index in [9.17, 15) is 0 Å². The van der Waals surface area contributed by atoms with Crippen molar-refractivity contribution in [2.45, 2.75) is 20.4 Å². The van der Waals surface area contributed by atoms with Gasteiger partial charge in [-0.15, -0.1) is 0 Å². The summed E-state index contributed by atoms with van der Waals surface area (Å²) in [4.78, 5) is 4.83. The molecule has 0 saturated carbocycles. The molecule has 136 valence electrons. The molecule has 0 N–H and O–H groups in total. The van der Waals surface area contributed by atoms with E-state index in [1.54, 1.807) is 0 Å². The van der Waals surface area contributed by atoms with Gasteiger partial charge in [-0.05, 0) is 55.3 Å². The van der Waals surface area contributed by atoms with E-state index < -0.39 is 0 Å². The lowest BCUT2D eigenvalue weighted by Gasteiger charge is -2.13. The van der Waals surface area contributed by atoms with Crippen LogP contribution in [0.3, 0.4) is 0 Å². The van der Waals surface area contributed by atoms with Crippen molar-refractivity contribution in [1.82, 2.24) is 9.55 Å². The summed E-state index contributed by atoms with van der Waals surface area (Å²) in [7, 11) is 0. The smallest absolute Gasteiger partial charge is 0.141 e. The number of hydrogen-bond acceptors (Lipinski definition) is 2. The summed E-state index contributed by atoms with van der Waals surface area (Å²) in [6.45, 7) is 5.46. The summed E-state index contributed by atoms with van der Waals surface area (Å²) in [6.07, 6.45) is 0. The van der Waals surface area contributed by atoms with E-state index in [4.69, 9.17) is 21.3 Å². The number of aromatic nitrogens is 2. The Kier molecular flexibility index (Phi) is 4.87. The molecule has 4 heteroatoms. The molecular weight excluding hydrogens is 356 g/mol. The van der Waals surface area contributed by atoms with Crippen molar-refractivity contribution in [2.24, 2.45) is 0 Å². The molecule has 1 aromatic heterocycles. The molecule has 0 fully saturated rings. The fourth-order valence-corrected chi connectivity index (χ4v) is 3.47. The second-order valence-electron chi connectivity index (χ2n) is 6.63. The van der Waals surface area contributed by atoms with Crippen molar-refractivity contribution in [3.8, 4) is 17.1 Å². The summed E-state index contributed by atoms with van der Waals surface area (Å²) < 4.78 is 8.28. The molecule has 0 aliphatic heterocycles. The van der Waals surface area contributed by atoms with Gasteiger partial charge in [0, 0.05) is 10.6 Å². The third-order valence-corrected chi connectivity index (χ3v) is 5.10. The molecule has 0 aliphatic rings. The molecular formula is C23H21ClN2O. The molecule has 0 saturated heterocycles. The number of halogens is 1. The lowest BCUT2D eigenvalue weighted by Crippen LogP contribution is -2.10. The van der Waals surface area contributed by atoms with Crippen LogP contribution in [0.1, 0.15) is 11.1 Å². The van der Waals surface area contributed by atoms with Crippen LogP contribution in [0, 0.1) is 13.8 Å². The topological polar surface area (TPSA) is 27.1 Å². The molecule has 4 aromatic rings. The molecule has 0 aliphatic carbocycles. The predicted molar refractivity (Wildman–Crippen MR) is 112 cm³/mol. The minimum absolute atomic E-state index is 0.568. The predicted octanol–water partition coefficient (Wildman–Crippen LogP) is 6.05. The van der Waals surface area contributed by atoms with E-state index >= 15 is 0 Å². The van der Waals surface area contributed by atoms with E-state index in [0.717, 1.165) is 28.2 Å². The minimum atomic E-state index is 0.568. The molecule has 4 rings (SSSR count). The van der Waals surface area contributed by atoms with Gasteiger partial charge in [-0.1, -0.05) is 48.0 Å². The highest BCUT2D eigenvalue weighted by atomic mass is 35.5. The normalized spacial score (nSPS) is 11.1. The third-order valence-electron chi connectivity index (χ3n) is 4.86. The van der Waals surface area contributed by atoms with Gasteiger partial charge < -0.3 is 9.30 Å². The highest BCUT2D eigenvalue weighted by molar-refractivity contribution is 6.30. The van der Waals surface area contributed by atoms with Gasteiger partial charge in [0.1, 0.15) is 18.2 Å². The molecule has 0 radical (unpaired) electrons. The number of rotatable bonds is 5. The monoisotopic (exact) mass is 376 g/mol. The van der Waals surface area contributed by atoms with Gasteiger partial charge >= 0.3 is 0 Å². The number of para-hydroxylation sites is 2. The molecule has 0 bridgehead atoms. The van der Waals surface area contributed by atoms with Crippen LogP contribution in [0.5, 0.6) is 5.75 Å². The van der Waals surface area contributed by atoms with E-state index in [0.29, 0.717) is 18.2 Å². The van der Waals surface area contributed by atoms with Crippen LogP contribution in [0.25, 0.3) is 22.4 Å². The average molecular weight is 377 g/mol. The van der Waals surface area contributed by atoms with Crippen molar-refractivity contribution >= 4 is 22.6 Å². The third kappa shape index (κ3) is 3.56. The Morgan fingerprint density at radius 1 is 0.963 bits per heavy atom. The summed E-state index contributed by atoms with van der Waals surface area (Å²) in [5, 5.41) is 0.706. The van der Waals surface area contributed by atoms with Gasteiger partial charge in [-0.2, -0.15) is 0 Å². The van der Waals surface area contributed by atoms with Crippen LogP contribution in [0.2, 0.25) is 5.02 Å². The zero-order valence-electron chi connectivity index (χ0n) is 15.4. The maximum absolute atomic E-state index is 6.20. The first kappa shape index (κ1) is 17.6. The SMILES string of the molecule is Cc1cccc(OCCn2c(-c3cccc(Cl)c3)nc3ccccc32)c1C. The fraction of sp³-hybridized carbons (Fsp3) is 0.174. The molecule has 0 amide bonds. The molecule has 3 nitrogen and oxygen atoms in total. The molecule has 3 aromatic carbocycles. The number of benzene rings is 3. The van der Waals surface area contributed by atoms with E-state index in [-0.39, 0.29) is 0 Å². The van der Waals surface area contributed by atoms with Gasteiger partial charge in [0.05, 0.1) is 17.6 Å². The van der Waals surface area contributed by atoms with Crippen molar-refractivity contribution in [3.05, 3.63) is 82.9 Å². The Morgan fingerprint density at radius 3 is 2.63 bits per heavy atom. The zero-order valence-corrected chi connectivity index (χ0v) is 16.2. The quantitative estimate of drug-likeness (QED) is 0.423.